The fourth-order valence-corrected chi connectivity index (χ4v) is 0.717. The molecule has 0 atom stereocenters. The van der Waals surface area contributed by atoms with Crippen LogP contribution in [0.15, 0.2) is 4.99 Å². The van der Waals surface area contributed by atoms with Crippen molar-refractivity contribution in [2.24, 2.45) is 4.99 Å². The molecule has 0 spiro atoms. The molecule has 0 aromatic rings. The second kappa shape index (κ2) is 7.38. The molecule has 0 fully saturated rings. The lowest BCUT2D eigenvalue weighted by Gasteiger charge is -1.98. The third-order valence-electron chi connectivity index (χ3n) is 1.14. The van der Waals surface area contributed by atoms with Crippen LogP contribution in [-0.4, -0.2) is 24.2 Å². The van der Waals surface area contributed by atoms with Crippen LogP contribution in [0.4, 0.5) is 0 Å². The molecular formula is C7H12N2OS. The van der Waals surface area contributed by atoms with Crippen molar-refractivity contribution in [1.29, 1.82) is 0 Å². The van der Waals surface area contributed by atoms with Gasteiger partial charge in [0.25, 0.3) is 0 Å². The monoisotopic (exact) mass is 172 g/mol. The lowest BCUT2D eigenvalue weighted by Crippen LogP contribution is -2.20. The maximum atomic E-state index is 10.4. The minimum atomic E-state index is 0.0170. The molecule has 0 heterocycles. The quantitative estimate of drug-likeness (QED) is 0.382. The van der Waals surface area contributed by atoms with Crippen LogP contribution in [0.25, 0.3) is 0 Å². The first kappa shape index (κ1) is 10.3. The first-order valence-electron chi connectivity index (χ1n) is 3.55. The second-order valence-corrected chi connectivity index (χ2v) is 2.35. The molecule has 0 aliphatic carbocycles. The van der Waals surface area contributed by atoms with E-state index in [4.69, 9.17) is 0 Å². The van der Waals surface area contributed by atoms with Crippen LogP contribution in [0.5, 0.6) is 0 Å². The van der Waals surface area contributed by atoms with Crippen molar-refractivity contribution in [3.63, 3.8) is 0 Å². The molecule has 11 heavy (non-hydrogen) atoms. The van der Waals surface area contributed by atoms with Gasteiger partial charge in [-0.2, -0.15) is 0 Å². The average molecular weight is 172 g/mol. The SMILES string of the molecule is CC(=O)NCCCCN=C=S. The normalized spacial score (nSPS) is 8.45. The van der Waals surface area contributed by atoms with Gasteiger partial charge in [-0.1, -0.05) is 0 Å². The molecule has 0 unspecified atom stereocenters. The van der Waals surface area contributed by atoms with E-state index >= 15 is 0 Å². The zero-order valence-electron chi connectivity index (χ0n) is 6.59. The summed E-state index contributed by atoms with van der Waals surface area (Å²) in [4.78, 5) is 14.1. The summed E-state index contributed by atoms with van der Waals surface area (Å²) in [5.74, 6) is 0.0170. The Kier molecular flexibility index (Phi) is 6.89. The van der Waals surface area contributed by atoms with Gasteiger partial charge < -0.3 is 5.32 Å². The van der Waals surface area contributed by atoms with Gasteiger partial charge in [0.2, 0.25) is 5.91 Å². The fraction of sp³-hybridized carbons (Fsp3) is 0.714. The second-order valence-electron chi connectivity index (χ2n) is 2.16. The zero-order valence-corrected chi connectivity index (χ0v) is 7.41. The molecular weight excluding hydrogens is 160 g/mol. The Morgan fingerprint density at radius 1 is 1.64 bits per heavy atom. The number of hydrogen-bond donors (Lipinski definition) is 1. The molecule has 0 radical (unpaired) electrons. The van der Waals surface area contributed by atoms with Crippen LogP contribution >= 0.6 is 12.2 Å². The number of carbonyl (C=O) groups is 1. The number of thiocarbonyl (C=S) groups is 1. The Balaban J connectivity index is 3.02. The number of carbonyl (C=O) groups excluding carboxylic acids is 1. The largest absolute Gasteiger partial charge is 0.356 e. The molecule has 0 aromatic carbocycles. The van der Waals surface area contributed by atoms with E-state index in [9.17, 15) is 4.79 Å². The summed E-state index contributed by atoms with van der Waals surface area (Å²) in [6.07, 6.45) is 1.89. The minimum absolute atomic E-state index is 0.0170. The number of hydrogen-bond acceptors (Lipinski definition) is 3. The van der Waals surface area contributed by atoms with Gasteiger partial charge in [0.15, 0.2) is 0 Å². The lowest BCUT2D eigenvalue weighted by molar-refractivity contribution is -0.118. The van der Waals surface area contributed by atoms with Gasteiger partial charge in [-0.25, -0.2) is 4.99 Å². The van der Waals surface area contributed by atoms with Gasteiger partial charge in [0.1, 0.15) is 0 Å². The summed E-state index contributed by atoms with van der Waals surface area (Å²) in [7, 11) is 0. The summed E-state index contributed by atoms with van der Waals surface area (Å²) in [5, 5.41) is 4.98. The third-order valence-corrected chi connectivity index (χ3v) is 1.26. The number of nitrogens with zero attached hydrogens (tertiary/aromatic N) is 1. The van der Waals surface area contributed by atoms with E-state index in [1.54, 1.807) is 0 Å². The Hall–Kier alpha value is -0.730. The maximum Gasteiger partial charge on any atom is 0.216 e. The first-order valence-corrected chi connectivity index (χ1v) is 3.96. The average Bonchev–Trinajstić information content (AvgIpc) is 1.96. The summed E-state index contributed by atoms with van der Waals surface area (Å²) in [5.41, 5.74) is 0. The van der Waals surface area contributed by atoms with Crippen molar-refractivity contribution < 1.29 is 4.79 Å². The smallest absolute Gasteiger partial charge is 0.216 e. The molecule has 0 bridgehead atoms. The first-order chi connectivity index (χ1) is 5.27. The molecule has 0 rings (SSSR count). The molecule has 1 N–H and O–H groups in total. The summed E-state index contributed by atoms with van der Waals surface area (Å²) in [6.45, 7) is 2.94. The number of amides is 1. The molecule has 3 nitrogen and oxygen atoms in total. The van der Waals surface area contributed by atoms with Crippen LogP contribution in [0, 0.1) is 0 Å². The molecule has 4 heteroatoms. The summed E-state index contributed by atoms with van der Waals surface area (Å²) in [6, 6.07) is 0. The molecule has 0 aromatic heterocycles. The van der Waals surface area contributed by atoms with E-state index < -0.39 is 0 Å². The van der Waals surface area contributed by atoms with Gasteiger partial charge >= 0.3 is 0 Å². The Morgan fingerprint density at radius 3 is 2.91 bits per heavy atom. The number of rotatable bonds is 5. The number of unbranched alkanes of at least 4 members (excludes halogenated alkanes) is 1. The van der Waals surface area contributed by atoms with Crippen molar-refractivity contribution in [3.8, 4) is 0 Å². The van der Waals surface area contributed by atoms with Crippen molar-refractivity contribution in [3.05, 3.63) is 0 Å². The Labute approximate surface area is 71.9 Å². The van der Waals surface area contributed by atoms with E-state index in [0.717, 1.165) is 19.4 Å². The number of isothiocyanates is 1. The summed E-state index contributed by atoms with van der Waals surface area (Å²) < 4.78 is 0. The maximum absolute atomic E-state index is 10.4. The van der Waals surface area contributed by atoms with Crippen LogP contribution in [0.1, 0.15) is 19.8 Å². The minimum Gasteiger partial charge on any atom is -0.356 e. The highest BCUT2D eigenvalue weighted by atomic mass is 32.1. The van der Waals surface area contributed by atoms with Crippen molar-refractivity contribution >= 4 is 23.3 Å². The van der Waals surface area contributed by atoms with Crippen molar-refractivity contribution in [2.75, 3.05) is 13.1 Å². The van der Waals surface area contributed by atoms with E-state index in [0.29, 0.717) is 6.54 Å². The molecule has 62 valence electrons. The van der Waals surface area contributed by atoms with Crippen molar-refractivity contribution in [2.45, 2.75) is 19.8 Å². The van der Waals surface area contributed by atoms with Gasteiger partial charge in [-0.15, -0.1) is 0 Å². The van der Waals surface area contributed by atoms with Crippen LogP contribution < -0.4 is 5.32 Å². The highest BCUT2D eigenvalue weighted by Gasteiger charge is 1.89. The third kappa shape index (κ3) is 9.27. The zero-order chi connectivity index (χ0) is 8.53. The van der Waals surface area contributed by atoms with Crippen LogP contribution in [0.2, 0.25) is 0 Å². The highest BCUT2D eigenvalue weighted by Crippen LogP contribution is 1.86. The molecule has 0 saturated carbocycles. The molecule has 0 aliphatic rings. The number of aliphatic imine (C=N–C) groups is 1. The highest BCUT2D eigenvalue weighted by molar-refractivity contribution is 7.78. The Morgan fingerprint density at radius 2 is 2.36 bits per heavy atom. The van der Waals surface area contributed by atoms with Crippen LogP contribution in [-0.2, 0) is 4.79 Å². The predicted octanol–water partition coefficient (Wildman–Crippen LogP) is 1.01. The topological polar surface area (TPSA) is 41.5 Å². The Bertz CT molecular complexity index is 160. The van der Waals surface area contributed by atoms with E-state index in [2.05, 4.69) is 27.7 Å². The van der Waals surface area contributed by atoms with E-state index in [1.165, 1.54) is 6.92 Å². The lowest BCUT2D eigenvalue weighted by atomic mass is 10.3. The van der Waals surface area contributed by atoms with E-state index in [-0.39, 0.29) is 5.91 Å². The van der Waals surface area contributed by atoms with Crippen molar-refractivity contribution in [1.82, 2.24) is 5.32 Å². The van der Waals surface area contributed by atoms with Gasteiger partial charge in [-0.3, -0.25) is 4.79 Å². The fourth-order valence-electron chi connectivity index (χ4n) is 0.626. The molecule has 1 amide bonds. The van der Waals surface area contributed by atoms with Gasteiger partial charge in [0.05, 0.1) is 5.16 Å². The molecule has 0 saturated heterocycles. The van der Waals surface area contributed by atoms with Gasteiger partial charge in [0, 0.05) is 20.0 Å². The predicted molar refractivity (Wildman–Crippen MR) is 47.8 cm³/mol. The van der Waals surface area contributed by atoms with Crippen LogP contribution in [0.3, 0.4) is 0 Å². The molecule has 0 aliphatic heterocycles. The standard InChI is InChI=1S/C7H12N2OS/c1-7(10)9-5-3-2-4-8-6-11/h2-5H2,1H3,(H,9,10). The van der Waals surface area contributed by atoms with E-state index in [1.807, 2.05) is 0 Å². The van der Waals surface area contributed by atoms with Gasteiger partial charge in [-0.05, 0) is 25.1 Å². The summed E-state index contributed by atoms with van der Waals surface area (Å²) >= 11 is 4.39. The number of nitrogens with one attached hydrogen (secondary N) is 1.